The van der Waals surface area contributed by atoms with Gasteiger partial charge in [-0.25, -0.2) is 4.39 Å². The molecule has 2 atom stereocenters. The van der Waals surface area contributed by atoms with E-state index in [9.17, 15) is 27.2 Å². The van der Waals surface area contributed by atoms with E-state index in [1.165, 1.54) is 24.3 Å². The number of fused-ring (bicyclic) bond motifs is 2. The smallest absolute Gasteiger partial charge is 0.446 e. The topological polar surface area (TPSA) is 67.4 Å². The van der Waals surface area contributed by atoms with E-state index in [1.54, 1.807) is 12.1 Å². The number of carbonyl (C=O) groups is 2. The molecule has 2 amide bonds. The third-order valence-electron chi connectivity index (χ3n) is 6.42. The van der Waals surface area contributed by atoms with Crippen LogP contribution in [0.4, 0.5) is 17.6 Å². The fourth-order valence-electron chi connectivity index (χ4n) is 4.62. The Morgan fingerprint density at radius 3 is 2.43 bits per heavy atom. The summed E-state index contributed by atoms with van der Waals surface area (Å²) in [6.45, 7) is -0.0713. The second kappa shape index (κ2) is 10.7. The van der Waals surface area contributed by atoms with Crippen molar-refractivity contribution < 1.29 is 31.9 Å². The van der Waals surface area contributed by atoms with Crippen LogP contribution >= 0.6 is 23.4 Å². The first-order valence-corrected chi connectivity index (χ1v) is 12.3. The van der Waals surface area contributed by atoms with Crippen molar-refractivity contribution in [3.8, 4) is 5.75 Å². The zero-order valence-corrected chi connectivity index (χ0v) is 20.0. The zero-order valence-electron chi connectivity index (χ0n) is 18.4. The van der Waals surface area contributed by atoms with Gasteiger partial charge < -0.3 is 15.4 Å². The predicted octanol–water partition coefficient (Wildman–Crippen LogP) is 5.32. The monoisotopic (exact) mass is 530 g/mol. The summed E-state index contributed by atoms with van der Waals surface area (Å²) in [7, 11) is 0. The molecule has 0 saturated heterocycles. The Balaban J connectivity index is 1.24. The molecule has 188 valence electrons. The van der Waals surface area contributed by atoms with Gasteiger partial charge in [-0.1, -0.05) is 23.7 Å². The molecule has 3 aliphatic rings. The van der Waals surface area contributed by atoms with E-state index in [4.69, 9.17) is 16.3 Å². The molecule has 5 rings (SSSR count). The number of alkyl halides is 3. The van der Waals surface area contributed by atoms with Crippen LogP contribution in [0.5, 0.6) is 5.75 Å². The molecule has 0 unspecified atom stereocenters. The number of rotatable bonds is 8. The highest BCUT2D eigenvalue weighted by Crippen LogP contribution is 2.49. The van der Waals surface area contributed by atoms with Crippen LogP contribution in [0.3, 0.4) is 0 Å². The molecule has 0 heterocycles. The van der Waals surface area contributed by atoms with E-state index in [1.807, 2.05) is 0 Å². The van der Waals surface area contributed by atoms with Crippen molar-refractivity contribution in [2.75, 3.05) is 6.61 Å². The van der Waals surface area contributed by atoms with Crippen molar-refractivity contribution in [2.24, 2.45) is 17.8 Å². The largest absolute Gasteiger partial charge is 0.484 e. The molecule has 35 heavy (non-hydrogen) atoms. The highest BCUT2D eigenvalue weighted by atomic mass is 35.5. The average Bonchev–Trinajstić information content (AvgIpc) is 2.77. The van der Waals surface area contributed by atoms with E-state index in [-0.39, 0.29) is 70.3 Å². The number of halogens is 5. The molecule has 0 aromatic heterocycles. The van der Waals surface area contributed by atoms with Crippen molar-refractivity contribution in [1.29, 1.82) is 0 Å². The van der Waals surface area contributed by atoms with Gasteiger partial charge in [-0.2, -0.15) is 13.2 Å². The minimum Gasteiger partial charge on any atom is -0.484 e. The van der Waals surface area contributed by atoms with Crippen molar-refractivity contribution in [2.45, 2.75) is 42.3 Å². The summed E-state index contributed by atoms with van der Waals surface area (Å²) in [5.74, 6) is -0.622. The summed E-state index contributed by atoms with van der Waals surface area (Å²) < 4.78 is 56.2. The molecule has 2 aromatic rings. The molecule has 3 fully saturated rings. The van der Waals surface area contributed by atoms with Crippen LogP contribution in [0.25, 0.3) is 0 Å². The van der Waals surface area contributed by atoms with Crippen LogP contribution < -0.4 is 15.4 Å². The van der Waals surface area contributed by atoms with Crippen LogP contribution in [0.1, 0.15) is 24.8 Å². The predicted molar refractivity (Wildman–Crippen MR) is 123 cm³/mol. The first-order chi connectivity index (χ1) is 16.6. The summed E-state index contributed by atoms with van der Waals surface area (Å²) in [6, 6.07) is 9.64. The molecule has 0 spiro atoms. The van der Waals surface area contributed by atoms with Crippen LogP contribution in [0.2, 0.25) is 5.02 Å². The highest BCUT2D eigenvalue weighted by molar-refractivity contribution is 8.00. The second-order valence-corrected chi connectivity index (χ2v) is 10.3. The number of hydrogen-bond acceptors (Lipinski definition) is 4. The van der Waals surface area contributed by atoms with Crippen LogP contribution in [0, 0.1) is 23.6 Å². The summed E-state index contributed by atoms with van der Waals surface area (Å²) in [4.78, 5) is 25.3. The molecular formula is C24H23ClF4N2O3S. The van der Waals surface area contributed by atoms with Gasteiger partial charge in [0.05, 0.1) is 5.02 Å². The summed E-state index contributed by atoms with van der Waals surface area (Å²) >= 11 is 5.45. The van der Waals surface area contributed by atoms with Gasteiger partial charge in [0.15, 0.2) is 6.61 Å². The lowest BCUT2D eigenvalue weighted by atomic mass is 9.57. The molecule has 2 aromatic carbocycles. The lowest BCUT2D eigenvalue weighted by Gasteiger charge is -2.50. The van der Waals surface area contributed by atoms with E-state index >= 15 is 0 Å². The summed E-state index contributed by atoms with van der Waals surface area (Å²) in [6.07, 6.45) is 2.19. The fraction of sp³-hybridized carbons (Fsp3) is 0.417. The molecule has 3 saturated carbocycles. The Morgan fingerprint density at radius 1 is 1.06 bits per heavy atom. The number of thioether (sulfide) groups is 1. The third kappa shape index (κ3) is 6.82. The van der Waals surface area contributed by atoms with E-state index < -0.39 is 11.3 Å². The molecule has 3 aliphatic carbocycles. The summed E-state index contributed by atoms with van der Waals surface area (Å²) in [5, 5.41) is 5.76. The number of amides is 2. The molecule has 11 heteroatoms. The van der Waals surface area contributed by atoms with Gasteiger partial charge in [0.25, 0.3) is 5.91 Å². The Kier molecular flexibility index (Phi) is 7.80. The SMILES string of the molecule is O=C(COc1ccc(Cl)c(F)c1)N[C@@H]1C[C@H](C(=O)NCc2ccc(SC(F)(F)F)cc2)C2CC1C2. The molecule has 2 bridgehead atoms. The molecular weight excluding hydrogens is 508 g/mol. The first-order valence-electron chi connectivity index (χ1n) is 11.1. The number of hydrogen-bond donors (Lipinski definition) is 2. The standard InChI is InChI=1S/C24H23ClF4N2O3S/c25-19-6-3-16(9-20(19)26)34-12-22(32)31-21-10-18(14-7-15(21)8-14)23(33)30-11-13-1-4-17(5-2-13)35-24(27,28)29/h1-6,9,14-15,18,21H,7-8,10-12H2,(H,30,33)(H,31,32)/t14?,15?,18-,21+/m0/s1. The van der Waals surface area contributed by atoms with Gasteiger partial charge in [-0.15, -0.1) is 0 Å². The highest BCUT2D eigenvalue weighted by Gasteiger charge is 2.48. The zero-order chi connectivity index (χ0) is 25.2. The Bertz CT molecular complexity index is 1080. The Morgan fingerprint density at radius 2 is 1.77 bits per heavy atom. The molecule has 0 aliphatic heterocycles. The van der Waals surface area contributed by atoms with Gasteiger partial charge in [0.1, 0.15) is 11.6 Å². The molecule has 5 nitrogen and oxygen atoms in total. The van der Waals surface area contributed by atoms with E-state index in [2.05, 4.69) is 10.6 Å². The molecule has 2 N–H and O–H groups in total. The maximum absolute atomic E-state index is 13.5. The maximum Gasteiger partial charge on any atom is 0.446 e. The lowest BCUT2D eigenvalue weighted by Crippen LogP contribution is -2.56. The number of nitrogens with one attached hydrogen (secondary N) is 2. The van der Waals surface area contributed by atoms with Crippen molar-refractivity contribution >= 4 is 35.2 Å². The quantitative estimate of drug-likeness (QED) is 0.358. The number of ether oxygens (including phenoxy) is 1. The van der Waals surface area contributed by atoms with Gasteiger partial charge in [0.2, 0.25) is 5.91 Å². The van der Waals surface area contributed by atoms with Crippen LogP contribution in [-0.4, -0.2) is 30.0 Å². The van der Waals surface area contributed by atoms with E-state index in [0.717, 1.165) is 18.9 Å². The van der Waals surface area contributed by atoms with Crippen molar-refractivity contribution in [1.82, 2.24) is 10.6 Å². The third-order valence-corrected chi connectivity index (χ3v) is 7.47. The van der Waals surface area contributed by atoms with E-state index in [0.29, 0.717) is 17.9 Å². The van der Waals surface area contributed by atoms with Gasteiger partial charge in [0, 0.05) is 29.5 Å². The van der Waals surface area contributed by atoms with Gasteiger partial charge >= 0.3 is 5.51 Å². The number of carbonyl (C=O) groups excluding carboxylic acids is 2. The first kappa shape index (κ1) is 25.6. The van der Waals surface area contributed by atoms with Gasteiger partial charge in [-0.3, -0.25) is 9.59 Å². The van der Waals surface area contributed by atoms with Gasteiger partial charge in [-0.05, 0) is 72.7 Å². The lowest BCUT2D eigenvalue weighted by molar-refractivity contribution is -0.136. The maximum atomic E-state index is 13.5. The molecule has 0 radical (unpaired) electrons. The van der Waals surface area contributed by atoms with Crippen LogP contribution in [0.15, 0.2) is 47.4 Å². The summed E-state index contributed by atoms with van der Waals surface area (Å²) in [5.41, 5.74) is -3.64. The fourth-order valence-corrected chi connectivity index (χ4v) is 5.27. The average molecular weight is 531 g/mol. The number of benzene rings is 2. The van der Waals surface area contributed by atoms with Crippen molar-refractivity contribution in [3.05, 3.63) is 58.9 Å². The minimum absolute atomic E-state index is 0.0367. The minimum atomic E-state index is -4.34. The Hall–Kier alpha value is -2.46. The Labute approximate surface area is 208 Å². The second-order valence-electron chi connectivity index (χ2n) is 8.78. The van der Waals surface area contributed by atoms with Crippen molar-refractivity contribution in [3.63, 3.8) is 0 Å². The normalized spacial score (nSPS) is 23.2. The van der Waals surface area contributed by atoms with Crippen LogP contribution in [-0.2, 0) is 16.1 Å².